The summed E-state index contributed by atoms with van der Waals surface area (Å²) < 4.78 is 0. The molecule has 1 atom stereocenters. The van der Waals surface area contributed by atoms with Crippen molar-refractivity contribution < 1.29 is 9.59 Å². The summed E-state index contributed by atoms with van der Waals surface area (Å²) in [6.45, 7) is 17.1. The Morgan fingerprint density at radius 2 is 1.75 bits per heavy atom. The van der Waals surface area contributed by atoms with Crippen molar-refractivity contribution in [1.82, 2.24) is 10.2 Å². The van der Waals surface area contributed by atoms with Crippen molar-refractivity contribution in [2.24, 2.45) is 0 Å². The van der Waals surface area contributed by atoms with Crippen LogP contribution in [-0.4, -0.2) is 29.8 Å². The number of rotatable bonds is 7. The van der Waals surface area contributed by atoms with E-state index in [2.05, 4.69) is 45.7 Å². The first kappa shape index (κ1) is 31.2. The van der Waals surface area contributed by atoms with Crippen LogP contribution in [0.3, 0.4) is 0 Å². The van der Waals surface area contributed by atoms with Crippen molar-refractivity contribution in [2.75, 3.05) is 13.1 Å². The van der Waals surface area contributed by atoms with Gasteiger partial charge in [-0.1, -0.05) is 93.4 Å². The molecule has 0 saturated heterocycles. The van der Waals surface area contributed by atoms with Gasteiger partial charge >= 0.3 is 0 Å². The Bertz CT molecular complexity index is 1010. The molecular weight excluding hydrogens is 468 g/mol. The Hall–Kier alpha value is -2.85. The first-order valence-electron chi connectivity index (χ1n) is 12.9. The first-order valence-corrected chi connectivity index (χ1v) is 13.2. The number of halogens is 1. The molecule has 0 aliphatic carbocycles. The summed E-state index contributed by atoms with van der Waals surface area (Å²) in [6.07, 6.45) is 7.68. The predicted octanol–water partition coefficient (Wildman–Crippen LogP) is 7.72. The van der Waals surface area contributed by atoms with Crippen LogP contribution >= 0.6 is 11.6 Å². The monoisotopic (exact) mass is 510 g/mol. The maximum Gasteiger partial charge on any atom is 0.254 e. The lowest BCUT2D eigenvalue weighted by Crippen LogP contribution is -2.52. The van der Waals surface area contributed by atoms with Crippen molar-refractivity contribution in [2.45, 2.75) is 72.8 Å². The van der Waals surface area contributed by atoms with Crippen LogP contribution in [0.1, 0.15) is 82.3 Å². The molecule has 1 aliphatic heterocycles. The molecular formula is C31H43ClN2O2. The first-order chi connectivity index (χ1) is 17.2. The summed E-state index contributed by atoms with van der Waals surface area (Å²) in [5.41, 5.74) is 3.93. The second-order valence-electron chi connectivity index (χ2n) is 9.08. The molecule has 1 unspecified atom stereocenters. The molecule has 0 aromatic heterocycles. The molecule has 0 spiro atoms. The van der Waals surface area contributed by atoms with E-state index in [9.17, 15) is 9.59 Å². The van der Waals surface area contributed by atoms with Crippen LogP contribution in [0.25, 0.3) is 0 Å². The zero-order valence-electron chi connectivity index (χ0n) is 22.9. The van der Waals surface area contributed by atoms with Gasteiger partial charge in [-0.3, -0.25) is 9.59 Å². The summed E-state index contributed by atoms with van der Waals surface area (Å²) >= 11 is 6.02. The van der Waals surface area contributed by atoms with Gasteiger partial charge in [-0.2, -0.15) is 0 Å². The van der Waals surface area contributed by atoms with Gasteiger partial charge in [0.05, 0.1) is 5.54 Å². The SMILES string of the molecule is C=C/C(=C\C)CCNC(C)=O.CCC.CCCN1C(=O)c2ccccc2CC1(C)c1ccc(Cl)cc1. The van der Waals surface area contributed by atoms with E-state index in [0.717, 1.165) is 47.5 Å². The number of hydrogen-bond acceptors (Lipinski definition) is 2. The number of nitrogens with one attached hydrogen (secondary N) is 1. The second kappa shape index (κ2) is 16.0. The third-order valence-corrected chi connectivity index (χ3v) is 6.21. The number of amides is 2. The average molecular weight is 511 g/mol. The maximum absolute atomic E-state index is 13.0. The molecule has 2 amide bonds. The van der Waals surface area contributed by atoms with Gasteiger partial charge < -0.3 is 10.2 Å². The number of nitrogens with zero attached hydrogens (tertiary/aromatic N) is 1. The molecule has 0 bridgehead atoms. The van der Waals surface area contributed by atoms with E-state index < -0.39 is 0 Å². The fourth-order valence-electron chi connectivity index (χ4n) is 4.10. The number of hydrogen-bond donors (Lipinski definition) is 1. The lowest BCUT2D eigenvalue weighted by atomic mass is 9.78. The normalized spacial score (nSPS) is 16.6. The summed E-state index contributed by atoms with van der Waals surface area (Å²) in [4.78, 5) is 25.4. The summed E-state index contributed by atoms with van der Waals surface area (Å²) in [5, 5.41) is 3.44. The van der Waals surface area contributed by atoms with Gasteiger partial charge in [-0.05, 0) is 56.0 Å². The van der Waals surface area contributed by atoms with E-state index in [1.54, 1.807) is 0 Å². The van der Waals surface area contributed by atoms with Gasteiger partial charge in [0.15, 0.2) is 0 Å². The minimum Gasteiger partial charge on any atom is -0.356 e. The van der Waals surface area contributed by atoms with Crippen LogP contribution in [0, 0.1) is 0 Å². The van der Waals surface area contributed by atoms with Gasteiger partial charge in [0.25, 0.3) is 5.91 Å². The largest absolute Gasteiger partial charge is 0.356 e. The number of fused-ring (bicyclic) bond motifs is 1. The fourth-order valence-corrected chi connectivity index (χ4v) is 4.23. The number of benzene rings is 2. The van der Waals surface area contributed by atoms with Gasteiger partial charge in [0, 0.05) is 37.0 Å². The fraction of sp³-hybridized carbons (Fsp3) is 0.419. The standard InChI is InChI=1S/C19H20ClNO.C9H15NO.C3H8/c1-3-12-21-18(22)17-7-5-4-6-14(17)13-19(21,2)15-8-10-16(20)11-9-15;1-4-9(5-2)6-7-10-8(3)11;1-3-2/h4-11H,3,12-13H2,1-2H3;4-5H,1,6-7H2,2-3H3,(H,10,11);3H2,1-2H3/b;9-5+;. The van der Waals surface area contributed by atoms with Crippen LogP contribution in [0.5, 0.6) is 0 Å². The molecule has 0 radical (unpaired) electrons. The van der Waals surface area contributed by atoms with E-state index in [0.29, 0.717) is 6.54 Å². The van der Waals surface area contributed by atoms with Crippen LogP contribution in [0.15, 0.2) is 72.8 Å². The van der Waals surface area contributed by atoms with Gasteiger partial charge in [-0.25, -0.2) is 0 Å². The zero-order valence-corrected chi connectivity index (χ0v) is 23.6. The molecule has 0 saturated carbocycles. The lowest BCUT2D eigenvalue weighted by Gasteiger charge is -2.46. The Morgan fingerprint density at radius 1 is 1.14 bits per heavy atom. The van der Waals surface area contributed by atoms with E-state index >= 15 is 0 Å². The predicted molar refractivity (Wildman–Crippen MR) is 153 cm³/mol. The molecule has 1 aliphatic rings. The third-order valence-electron chi connectivity index (χ3n) is 5.96. The van der Waals surface area contributed by atoms with Crippen LogP contribution in [0.2, 0.25) is 5.02 Å². The van der Waals surface area contributed by atoms with Crippen molar-refractivity contribution in [3.8, 4) is 0 Å². The molecule has 36 heavy (non-hydrogen) atoms. The highest BCUT2D eigenvalue weighted by molar-refractivity contribution is 6.30. The summed E-state index contributed by atoms with van der Waals surface area (Å²) in [5.74, 6) is 0.144. The topological polar surface area (TPSA) is 49.4 Å². The van der Waals surface area contributed by atoms with Crippen molar-refractivity contribution in [3.63, 3.8) is 0 Å². The van der Waals surface area contributed by atoms with E-state index in [4.69, 9.17) is 11.6 Å². The van der Waals surface area contributed by atoms with Crippen LogP contribution in [-0.2, 0) is 16.8 Å². The van der Waals surface area contributed by atoms with E-state index in [1.807, 2.05) is 66.4 Å². The Labute approximate surface area is 223 Å². The third kappa shape index (κ3) is 8.98. The van der Waals surface area contributed by atoms with Gasteiger partial charge in [-0.15, -0.1) is 0 Å². The minimum absolute atomic E-state index is 0.0181. The second-order valence-corrected chi connectivity index (χ2v) is 9.52. The number of carbonyl (C=O) groups excluding carboxylic acids is 2. The smallest absolute Gasteiger partial charge is 0.254 e. The van der Waals surface area contributed by atoms with Crippen molar-refractivity contribution in [1.29, 1.82) is 0 Å². The van der Waals surface area contributed by atoms with E-state index in [1.165, 1.54) is 18.9 Å². The van der Waals surface area contributed by atoms with Gasteiger partial charge in [0.1, 0.15) is 0 Å². The Kier molecular flexibility index (Phi) is 13.9. The number of allylic oxidation sites excluding steroid dienone is 2. The maximum atomic E-state index is 13.0. The Balaban J connectivity index is 0.000000391. The molecule has 2 aromatic rings. The highest BCUT2D eigenvalue weighted by atomic mass is 35.5. The molecule has 1 N–H and O–H groups in total. The zero-order chi connectivity index (χ0) is 27.1. The van der Waals surface area contributed by atoms with Crippen molar-refractivity contribution >= 4 is 23.4 Å². The van der Waals surface area contributed by atoms with Crippen molar-refractivity contribution in [3.05, 3.63) is 94.5 Å². The summed E-state index contributed by atoms with van der Waals surface area (Å²) in [7, 11) is 0. The molecule has 0 fully saturated rings. The minimum atomic E-state index is -0.327. The molecule has 1 heterocycles. The molecule has 3 rings (SSSR count). The highest BCUT2D eigenvalue weighted by Gasteiger charge is 2.41. The number of carbonyl (C=O) groups is 2. The van der Waals surface area contributed by atoms with E-state index in [-0.39, 0.29) is 17.4 Å². The lowest BCUT2D eigenvalue weighted by molar-refractivity contribution is -0.118. The highest BCUT2D eigenvalue weighted by Crippen LogP contribution is 2.39. The van der Waals surface area contributed by atoms with Crippen LogP contribution in [0.4, 0.5) is 0 Å². The average Bonchev–Trinajstić information content (AvgIpc) is 2.85. The van der Waals surface area contributed by atoms with Crippen LogP contribution < -0.4 is 5.32 Å². The molecule has 4 nitrogen and oxygen atoms in total. The molecule has 2 aromatic carbocycles. The molecule has 196 valence electrons. The van der Waals surface area contributed by atoms with Gasteiger partial charge in [0.2, 0.25) is 5.91 Å². The molecule has 5 heteroatoms. The Morgan fingerprint density at radius 3 is 2.28 bits per heavy atom. The summed E-state index contributed by atoms with van der Waals surface area (Å²) in [6, 6.07) is 15.8. The quantitative estimate of drug-likeness (QED) is 0.387.